The number of halogens is 1. The number of H-pyrrole nitrogens is 1. The Morgan fingerprint density at radius 2 is 1.91 bits per heavy atom. The molecule has 4 aromatic rings. The zero-order valence-electron chi connectivity index (χ0n) is 12.4. The first kappa shape index (κ1) is 13.1. The van der Waals surface area contributed by atoms with Gasteiger partial charge in [0.1, 0.15) is 0 Å². The molecule has 2 aromatic carbocycles. The van der Waals surface area contributed by atoms with Crippen molar-refractivity contribution in [3.63, 3.8) is 0 Å². The Morgan fingerprint density at radius 3 is 2.78 bits per heavy atom. The average Bonchev–Trinajstić information content (AvgIpc) is 3.16. The molecule has 0 spiro atoms. The lowest BCUT2D eigenvalue weighted by Gasteiger charge is -2.15. The number of aromatic amines is 1. The summed E-state index contributed by atoms with van der Waals surface area (Å²) >= 11 is 3.59. The van der Waals surface area contributed by atoms with Gasteiger partial charge in [-0.2, -0.15) is 5.10 Å². The highest BCUT2D eigenvalue weighted by molar-refractivity contribution is 9.10. The first-order valence-corrected chi connectivity index (χ1v) is 8.53. The van der Waals surface area contributed by atoms with Gasteiger partial charge in [-0.1, -0.05) is 34.1 Å². The number of rotatable bonds is 1. The molecule has 2 aromatic heterocycles. The third-order valence-electron chi connectivity index (χ3n) is 4.60. The predicted molar refractivity (Wildman–Crippen MR) is 96.0 cm³/mol. The lowest BCUT2D eigenvalue weighted by molar-refractivity contribution is 0.874. The molecule has 1 aliphatic carbocycles. The molecule has 23 heavy (non-hydrogen) atoms. The number of hydrogen-bond acceptors (Lipinski definition) is 1. The Morgan fingerprint density at radius 1 is 1.04 bits per heavy atom. The fourth-order valence-corrected chi connectivity index (χ4v) is 3.90. The SMILES string of the molecule is Brc1ccc2[nH]c3c(c2c1)CCc1cnn(-c2ccccc2)c1-3. The molecular weight excluding hydrogens is 350 g/mol. The number of aryl methyl sites for hydroxylation is 2. The van der Waals surface area contributed by atoms with Crippen molar-refractivity contribution in [1.82, 2.24) is 14.8 Å². The molecule has 4 heteroatoms. The van der Waals surface area contributed by atoms with E-state index < -0.39 is 0 Å². The minimum absolute atomic E-state index is 1.04. The van der Waals surface area contributed by atoms with E-state index in [9.17, 15) is 0 Å². The molecule has 0 amide bonds. The average molecular weight is 364 g/mol. The Bertz CT molecular complexity index is 1030. The zero-order valence-corrected chi connectivity index (χ0v) is 14.0. The van der Waals surface area contributed by atoms with Crippen LogP contribution in [0.3, 0.4) is 0 Å². The molecule has 0 saturated carbocycles. The predicted octanol–water partition coefficient (Wildman–Crippen LogP) is 4.88. The molecule has 0 bridgehead atoms. The second-order valence-electron chi connectivity index (χ2n) is 5.93. The van der Waals surface area contributed by atoms with E-state index in [2.05, 4.69) is 73.2 Å². The summed E-state index contributed by atoms with van der Waals surface area (Å²) in [5, 5.41) is 5.95. The summed E-state index contributed by atoms with van der Waals surface area (Å²) in [4.78, 5) is 3.61. The van der Waals surface area contributed by atoms with Crippen LogP contribution in [0.2, 0.25) is 0 Å². The highest BCUT2D eigenvalue weighted by atomic mass is 79.9. The summed E-state index contributed by atoms with van der Waals surface area (Å²) in [5.74, 6) is 0. The lowest BCUT2D eigenvalue weighted by atomic mass is 9.94. The number of benzene rings is 2. The number of nitrogens with one attached hydrogen (secondary N) is 1. The molecule has 0 fully saturated rings. The molecule has 5 rings (SSSR count). The van der Waals surface area contributed by atoms with Crippen molar-refractivity contribution in [3.8, 4) is 17.1 Å². The van der Waals surface area contributed by atoms with Gasteiger partial charge in [0.25, 0.3) is 0 Å². The minimum atomic E-state index is 1.04. The molecule has 0 atom stereocenters. The summed E-state index contributed by atoms with van der Waals surface area (Å²) in [6.45, 7) is 0. The number of nitrogens with zero attached hydrogens (tertiary/aromatic N) is 2. The van der Waals surface area contributed by atoms with Crippen LogP contribution in [0.4, 0.5) is 0 Å². The topological polar surface area (TPSA) is 33.6 Å². The van der Waals surface area contributed by atoms with E-state index in [1.807, 2.05) is 12.3 Å². The van der Waals surface area contributed by atoms with Crippen molar-refractivity contribution < 1.29 is 0 Å². The Kier molecular flexibility index (Phi) is 2.76. The van der Waals surface area contributed by atoms with Gasteiger partial charge in [-0.3, -0.25) is 0 Å². The monoisotopic (exact) mass is 363 g/mol. The Balaban J connectivity index is 1.81. The first-order valence-electron chi connectivity index (χ1n) is 7.74. The van der Waals surface area contributed by atoms with Crippen LogP contribution in [0, 0.1) is 0 Å². The maximum Gasteiger partial charge on any atom is 0.0938 e. The maximum atomic E-state index is 4.64. The standard InChI is InChI=1S/C19H14BrN3/c20-13-7-9-17-16(10-13)15-8-6-12-11-21-23(19(12)18(15)22-17)14-4-2-1-3-5-14/h1-5,7,9-11,22H,6,8H2. The van der Waals surface area contributed by atoms with Crippen molar-refractivity contribution >= 4 is 26.8 Å². The number of aromatic nitrogens is 3. The van der Waals surface area contributed by atoms with E-state index in [0.29, 0.717) is 0 Å². The van der Waals surface area contributed by atoms with Gasteiger partial charge in [0.15, 0.2) is 0 Å². The minimum Gasteiger partial charge on any atom is -0.353 e. The van der Waals surface area contributed by atoms with Crippen LogP contribution in [0.25, 0.3) is 28.0 Å². The summed E-state index contributed by atoms with van der Waals surface area (Å²) in [6, 6.07) is 16.8. The fourth-order valence-electron chi connectivity index (χ4n) is 3.54. The second kappa shape index (κ2) is 4.83. The van der Waals surface area contributed by atoms with Gasteiger partial charge in [-0.05, 0) is 48.7 Å². The van der Waals surface area contributed by atoms with Crippen LogP contribution in [0.5, 0.6) is 0 Å². The smallest absolute Gasteiger partial charge is 0.0938 e. The van der Waals surface area contributed by atoms with E-state index in [1.54, 1.807) is 0 Å². The molecule has 0 unspecified atom stereocenters. The molecule has 0 radical (unpaired) electrons. The van der Waals surface area contributed by atoms with Crippen molar-refractivity contribution in [2.75, 3.05) is 0 Å². The van der Waals surface area contributed by atoms with Gasteiger partial charge in [0, 0.05) is 20.9 Å². The first-order chi connectivity index (χ1) is 11.3. The van der Waals surface area contributed by atoms with Gasteiger partial charge in [0.2, 0.25) is 0 Å². The maximum absolute atomic E-state index is 4.64. The Hall–Kier alpha value is -2.33. The molecule has 0 saturated heterocycles. The van der Waals surface area contributed by atoms with Gasteiger partial charge in [-0.25, -0.2) is 4.68 Å². The normalized spacial score (nSPS) is 13.1. The largest absolute Gasteiger partial charge is 0.353 e. The lowest BCUT2D eigenvalue weighted by Crippen LogP contribution is -2.06. The molecular formula is C19H14BrN3. The van der Waals surface area contributed by atoms with E-state index in [1.165, 1.54) is 33.4 Å². The highest BCUT2D eigenvalue weighted by Crippen LogP contribution is 2.39. The summed E-state index contributed by atoms with van der Waals surface area (Å²) in [5.41, 5.74) is 7.40. The number of hydrogen-bond donors (Lipinski definition) is 1. The van der Waals surface area contributed by atoms with Gasteiger partial charge < -0.3 is 4.98 Å². The van der Waals surface area contributed by atoms with Gasteiger partial charge in [-0.15, -0.1) is 0 Å². The third kappa shape index (κ3) is 1.91. The molecule has 1 N–H and O–H groups in total. The van der Waals surface area contributed by atoms with Crippen LogP contribution in [-0.2, 0) is 12.8 Å². The number of fused-ring (bicyclic) bond motifs is 5. The molecule has 3 nitrogen and oxygen atoms in total. The highest BCUT2D eigenvalue weighted by Gasteiger charge is 2.25. The summed E-state index contributed by atoms with van der Waals surface area (Å²) in [6.07, 6.45) is 4.10. The van der Waals surface area contributed by atoms with Crippen LogP contribution >= 0.6 is 15.9 Å². The van der Waals surface area contributed by atoms with Crippen LogP contribution < -0.4 is 0 Å². The van der Waals surface area contributed by atoms with E-state index >= 15 is 0 Å². The van der Waals surface area contributed by atoms with Crippen LogP contribution in [0.1, 0.15) is 11.1 Å². The fraction of sp³-hybridized carbons (Fsp3) is 0.105. The zero-order chi connectivity index (χ0) is 15.4. The van der Waals surface area contributed by atoms with Gasteiger partial charge in [0.05, 0.1) is 23.3 Å². The molecule has 2 heterocycles. The van der Waals surface area contributed by atoms with Crippen molar-refractivity contribution in [3.05, 3.63) is 70.3 Å². The van der Waals surface area contributed by atoms with Gasteiger partial charge >= 0.3 is 0 Å². The van der Waals surface area contributed by atoms with Crippen molar-refractivity contribution in [2.24, 2.45) is 0 Å². The quantitative estimate of drug-likeness (QED) is 0.513. The van der Waals surface area contributed by atoms with E-state index in [0.717, 1.165) is 23.0 Å². The summed E-state index contributed by atoms with van der Waals surface area (Å²) in [7, 11) is 0. The van der Waals surface area contributed by atoms with Crippen LogP contribution in [-0.4, -0.2) is 14.8 Å². The van der Waals surface area contributed by atoms with E-state index in [4.69, 9.17) is 0 Å². The second-order valence-corrected chi connectivity index (χ2v) is 6.85. The molecule has 1 aliphatic rings. The Labute approximate surface area is 142 Å². The molecule has 112 valence electrons. The van der Waals surface area contributed by atoms with Crippen molar-refractivity contribution in [1.29, 1.82) is 0 Å². The van der Waals surface area contributed by atoms with Crippen molar-refractivity contribution in [2.45, 2.75) is 12.8 Å². The van der Waals surface area contributed by atoms with Crippen LogP contribution in [0.15, 0.2) is 59.2 Å². The number of para-hydroxylation sites is 1. The van der Waals surface area contributed by atoms with E-state index in [-0.39, 0.29) is 0 Å². The summed E-state index contributed by atoms with van der Waals surface area (Å²) < 4.78 is 3.17. The third-order valence-corrected chi connectivity index (χ3v) is 5.09. The molecule has 0 aliphatic heterocycles.